The lowest BCUT2D eigenvalue weighted by Gasteiger charge is -2.34. The number of rotatable bonds is 7. The molecule has 2 heterocycles. The first-order chi connectivity index (χ1) is 17.2. The van der Waals surface area contributed by atoms with Gasteiger partial charge in [-0.05, 0) is 60.0 Å². The summed E-state index contributed by atoms with van der Waals surface area (Å²) in [6, 6.07) is 23.6. The van der Waals surface area contributed by atoms with E-state index < -0.39 is 0 Å². The fourth-order valence-corrected chi connectivity index (χ4v) is 4.84. The molecule has 0 bridgehead atoms. The van der Waals surface area contributed by atoms with Gasteiger partial charge in [-0.3, -0.25) is 0 Å². The molecule has 0 spiro atoms. The van der Waals surface area contributed by atoms with E-state index in [2.05, 4.69) is 82.8 Å². The molecule has 1 fully saturated rings. The highest BCUT2D eigenvalue weighted by molar-refractivity contribution is 5.58. The van der Waals surface area contributed by atoms with Gasteiger partial charge >= 0.3 is 0 Å². The SMILES string of the molecule is COc1cc2c(cc1OCc1ccccc1)CCNC2/C=C/c1ccc(N2CCN(C)CC2)cc1. The topological polar surface area (TPSA) is 37.0 Å². The van der Waals surface area contributed by atoms with Crippen LogP contribution in [0.1, 0.15) is 28.3 Å². The summed E-state index contributed by atoms with van der Waals surface area (Å²) in [4.78, 5) is 4.85. The smallest absolute Gasteiger partial charge is 0.161 e. The molecular formula is C30H35N3O2. The third-order valence-electron chi connectivity index (χ3n) is 7.00. The van der Waals surface area contributed by atoms with Crippen LogP contribution in [-0.2, 0) is 13.0 Å². The number of methoxy groups -OCH3 is 1. The Morgan fingerprint density at radius 2 is 1.71 bits per heavy atom. The quantitative estimate of drug-likeness (QED) is 0.531. The zero-order valence-corrected chi connectivity index (χ0v) is 20.7. The van der Waals surface area contributed by atoms with Gasteiger partial charge in [0.05, 0.1) is 13.2 Å². The lowest BCUT2D eigenvalue weighted by Crippen LogP contribution is -2.44. The van der Waals surface area contributed by atoms with Crippen LogP contribution < -0.4 is 19.7 Å². The average Bonchev–Trinajstić information content (AvgIpc) is 2.91. The summed E-state index contributed by atoms with van der Waals surface area (Å²) < 4.78 is 11.8. The molecule has 0 amide bonds. The molecule has 5 nitrogen and oxygen atoms in total. The molecule has 1 N–H and O–H groups in total. The number of anilines is 1. The van der Waals surface area contributed by atoms with Crippen LogP contribution in [0.4, 0.5) is 5.69 Å². The summed E-state index contributed by atoms with van der Waals surface area (Å²) in [6.45, 7) is 5.89. The van der Waals surface area contributed by atoms with Crippen LogP contribution in [0.2, 0.25) is 0 Å². The summed E-state index contributed by atoms with van der Waals surface area (Å²) in [5, 5.41) is 3.65. The minimum Gasteiger partial charge on any atom is -0.493 e. The molecular weight excluding hydrogens is 434 g/mol. The van der Waals surface area contributed by atoms with Crippen LogP contribution in [0.5, 0.6) is 11.5 Å². The molecule has 35 heavy (non-hydrogen) atoms. The third-order valence-corrected chi connectivity index (χ3v) is 7.00. The van der Waals surface area contributed by atoms with E-state index in [0.717, 1.165) is 56.2 Å². The van der Waals surface area contributed by atoms with Gasteiger partial charge in [0.1, 0.15) is 6.61 Å². The number of hydrogen-bond acceptors (Lipinski definition) is 5. The Morgan fingerprint density at radius 1 is 0.943 bits per heavy atom. The number of benzene rings is 3. The molecule has 1 unspecified atom stereocenters. The minimum atomic E-state index is 0.146. The molecule has 0 aromatic heterocycles. The molecule has 1 saturated heterocycles. The summed E-state index contributed by atoms with van der Waals surface area (Å²) in [5.74, 6) is 1.58. The minimum absolute atomic E-state index is 0.146. The first kappa shape index (κ1) is 23.5. The predicted octanol–water partition coefficient (Wildman–Crippen LogP) is 4.93. The Morgan fingerprint density at radius 3 is 2.46 bits per heavy atom. The van der Waals surface area contributed by atoms with Crippen molar-refractivity contribution in [3.8, 4) is 11.5 Å². The molecule has 3 aromatic rings. The van der Waals surface area contributed by atoms with Crippen molar-refractivity contribution in [3.05, 3.63) is 95.1 Å². The fraction of sp³-hybridized carbons (Fsp3) is 0.333. The molecule has 5 rings (SSSR count). The van der Waals surface area contributed by atoms with E-state index in [0.29, 0.717) is 6.61 Å². The Labute approximate surface area is 209 Å². The van der Waals surface area contributed by atoms with Crippen LogP contribution in [0, 0.1) is 0 Å². The van der Waals surface area contributed by atoms with E-state index in [1.165, 1.54) is 22.4 Å². The standard InChI is InChI=1S/C30H35N3O2/c1-32-16-18-33(19-17-32)26-11-8-23(9-12-26)10-13-28-27-21-29(34-2)30(20-25(27)14-15-31-28)35-22-24-6-4-3-5-7-24/h3-13,20-21,28,31H,14-19,22H2,1-2H3/b13-10+. The number of piperazine rings is 1. The predicted molar refractivity (Wildman–Crippen MR) is 143 cm³/mol. The summed E-state index contributed by atoms with van der Waals surface area (Å²) in [6.07, 6.45) is 5.45. The number of nitrogens with one attached hydrogen (secondary N) is 1. The highest BCUT2D eigenvalue weighted by Crippen LogP contribution is 2.36. The van der Waals surface area contributed by atoms with E-state index >= 15 is 0 Å². The Balaban J connectivity index is 1.28. The molecule has 0 radical (unpaired) electrons. The highest BCUT2D eigenvalue weighted by Gasteiger charge is 2.21. The highest BCUT2D eigenvalue weighted by atomic mass is 16.5. The van der Waals surface area contributed by atoms with Crippen molar-refractivity contribution in [3.63, 3.8) is 0 Å². The maximum atomic E-state index is 6.14. The van der Waals surface area contributed by atoms with Gasteiger partial charge in [-0.2, -0.15) is 0 Å². The van der Waals surface area contributed by atoms with Crippen molar-refractivity contribution in [2.45, 2.75) is 19.1 Å². The fourth-order valence-electron chi connectivity index (χ4n) is 4.84. The second-order valence-electron chi connectivity index (χ2n) is 9.40. The molecule has 2 aliphatic heterocycles. The first-order valence-electron chi connectivity index (χ1n) is 12.5. The second-order valence-corrected chi connectivity index (χ2v) is 9.40. The van der Waals surface area contributed by atoms with Crippen LogP contribution in [0.15, 0.2) is 72.8 Å². The monoisotopic (exact) mass is 469 g/mol. The van der Waals surface area contributed by atoms with Gasteiger partial charge in [0.2, 0.25) is 0 Å². The molecule has 0 saturated carbocycles. The second kappa shape index (κ2) is 11.0. The van der Waals surface area contributed by atoms with E-state index in [4.69, 9.17) is 9.47 Å². The molecule has 2 aliphatic rings. The van der Waals surface area contributed by atoms with Crippen LogP contribution >= 0.6 is 0 Å². The number of hydrogen-bond donors (Lipinski definition) is 1. The maximum Gasteiger partial charge on any atom is 0.161 e. The summed E-state index contributed by atoms with van der Waals surface area (Å²) in [7, 11) is 3.90. The van der Waals surface area contributed by atoms with Crippen molar-refractivity contribution in [1.82, 2.24) is 10.2 Å². The van der Waals surface area contributed by atoms with Crippen molar-refractivity contribution in [2.24, 2.45) is 0 Å². The number of likely N-dealkylation sites (N-methyl/N-ethyl adjacent to an activating group) is 1. The van der Waals surface area contributed by atoms with Crippen LogP contribution in [0.3, 0.4) is 0 Å². The van der Waals surface area contributed by atoms with Gasteiger partial charge in [0.25, 0.3) is 0 Å². The van der Waals surface area contributed by atoms with E-state index in [1.54, 1.807) is 7.11 Å². The first-order valence-corrected chi connectivity index (χ1v) is 12.5. The Hall–Kier alpha value is -3.28. The third kappa shape index (κ3) is 5.69. The zero-order valence-electron chi connectivity index (χ0n) is 20.7. The molecule has 182 valence electrons. The largest absolute Gasteiger partial charge is 0.493 e. The van der Waals surface area contributed by atoms with Crippen molar-refractivity contribution in [2.75, 3.05) is 51.8 Å². The van der Waals surface area contributed by atoms with Crippen molar-refractivity contribution >= 4 is 11.8 Å². The number of fused-ring (bicyclic) bond motifs is 1. The van der Waals surface area contributed by atoms with E-state index in [-0.39, 0.29) is 6.04 Å². The summed E-state index contributed by atoms with van der Waals surface area (Å²) in [5.41, 5.74) is 6.24. The lowest BCUT2D eigenvalue weighted by molar-refractivity contribution is 0.283. The van der Waals surface area contributed by atoms with E-state index in [9.17, 15) is 0 Å². The zero-order chi connectivity index (χ0) is 24.0. The van der Waals surface area contributed by atoms with Gasteiger partial charge in [0, 0.05) is 38.4 Å². The van der Waals surface area contributed by atoms with Crippen molar-refractivity contribution < 1.29 is 9.47 Å². The molecule has 3 aromatic carbocycles. The number of ether oxygens (including phenoxy) is 2. The van der Waals surface area contributed by atoms with Crippen LogP contribution in [0.25, 0.3) is 6.08 Å². The van der Waals surface area contributed by atoms with Crippen LogP contribution in [-0.4, -0.2) is 51.8 Å². The summed E-state index contributed by atoms with van der Waals surface area (Å²) >= 11 is 0. The normalized spacial score (nSPS) is 18.5. The molecule has 5 heteroatoms. The van der Waals surface area contributed by atoms with Gasteiger partial charge in [-0.1, -0.05) is 54.6 Å². The molecule has 1 atom stereocenters. The van der Waals surface area contributed by atoms with Gasteiger partial charge < -0.3 is 24.6 Å². The van der Waals surface area contributed by atoms with Crippen molar-refractivity contribution in [1.29, 1.82) is 0 Å². The van der Waals surface area contributed by atoms with E-state index in [1.807, 2.05) is 18.2 Å². The lowest BCUT2D eigenvalue weighted by atomic mass is 9.93. The van der Waals surface area contributed by atoms with Gasteiger partial charge in [-0.15, -0.1) is 0 Å². The average molecular weight is 470 g/mol. The number of nitrogens with zero attached hydrogens (tertiary/aromatic N) is 2. The Bertz CT molecular complexity index is 1140. The Kier molecular flexibility index (Phi) is 7.36. The van der Waals surface area contributed by atoms with Gasteiger partial charge in [-0.25, -0.2) is 0 Å². The maximum absolute atomic E-state index is 6.14. The molecule has 0 aliphatic carbocycles. The van der Waals surface area contributed by atoms with Gasteiger partial charge in [0.15, 0.2) is 11.5 Å².